The molecule has 1 aliphatic heterocycles. The highest BCUT2D eigenvalue weighted by atomic mass is 32.2. The number of nitrogens with one attached hydrogen (secondary N) is 2. The molecular formula is C18H30N4O3S. The molecule has 0 bridgehead atoms. The Bertz CT molecular complexity index is 681. The summed E-state index contributed by atoms with van der Waals surface area (Å²) in [5.41, 5.74) is 1.04. The number of piperidine rings is 1. The minimum Gasteiger partial charge on any atom is -0.372 e. The first-order valence-electron chi connectivity index (χ1n) is 9.13. The van der Waals surface area contributed by atoms with Gasteiger partial charge in [-0.3, -0.25) is 0 Å². The van der Waals surface area contributed by atoms with Crippen LogP contribution in [0.4, 0.5) is 10.5 Å². The summed E-state index contributed by atoms with van der Waals surface area (Å²) in [5.74, 6) is 0.479. The molecule has 1 aromatic rings. The van der Waals surface area contributed by atoms with Gasteiger partial charge in [-0.1, -0.05) is 6.92 Å². The van der Waals surface area contributed by atoms with Gasteiger partial charge < -0.3 is 15.5 Å². The Morgan fingerprint density at radius 2 is 1.77 bits per heavy atom. The number of sulfonamides is 1. The first kappa shape index (κ1) is 20.5. The van der Waals surface area contributed by atoms with E-state index in [9.17, 15) is 13.2 Å². The van der Waals surface area contributed by atoms with Crippen molar-refractivity contribution in [1.82, 2.24) is 14.9 Å². The lowest BCUT2D eigenvalue weighted by atomic mass is 9.96. The molecule has 2 amide bonds. The fourth-order valence-corrected chi connectivity index (χ4v) is 3.87. The molecule has 2 rings (SSSR count). The van der Waals surface area contributed by atoms with E-state index in [0.29, 0.717) is 23.9 Å². The van der Waals surface area contributed by atoms with E-state index in [1.54, 1.807) is 12.1 Å². The van der Waals surface area contributed by atoms with Crippen molar-refractivity contribution >= 4 is 21.7 Å². The average molecular weight is 383 g/mol. The lowest BCUT2D eigenvalue weighted by molar-refractivity contribution is 0.237. The molecule has 1 saturated heterocycles. The number of hydrogen-bond acceptors (Lipinski definition) is 4. The van der Waals surface area contributed by atoms with E-state index >= 15 is 0 Å². The summed E-state index contributed by atoms with van der Waals surface area (Å²) >= 11 is 0. The van der Waals surface area contributed by atoms with Gasteiger partial charge in [0, 0.05) is 46.0 Å². The van der Waals surface area contributed by atoms with Gasteiger partial charge in [0.25, 0.3) is 0 Å². The molecule has 1 heterocycles. The maximum atomic E-state index is 12.1. The van der Waals surface area contributed by atoms with Crippen LogP contribution < -0.4 is 15.5 Å². The Morgan fingerprint density at radius 3 is 2.31 bits per heavy atom. The number of anilines is 1. The Morgan fingerprint density at radius 1 is 1.15 bits per heavy atom. The standard InChI is InChI=1S/C18H30N4O3S/c1-4-11-19-18(23)20-14-15-9-12-22(13-10-15)16-5-7-17(8-6-16)26(24,25)21(2)3/h5-8,15H,4,9-14H2,1-3H3,(H2,19,20,23). The van der Waals surface area contributed by atoms with Crippen LogP contribution in [0.5, 0.6) is 0 Å². The zero-order valence-corrected chi connectivity index (χ0v) is 16.7. The highest BCUT2D eigenvalue weighted by Gasteiger charge is 2.21. The molecule has 0 spiro atoms. The molecule has 8 heteroatoms. The van der Waals surface area contributed by atoms with Crippen LogP contribution in [0.2, 0.25) is 0 Å². The molecule has 0 aromatic heterocycles. The quantitative estimate of drug-likeness (QED) is 0.754. The molecule has 0 saturated carbocycles. The second-order valence-electron chi connectivity index (χ2n) is 6.85. The van der Waals surface area contributed by atoms with Gasteiger partial charge in [-0.25, -0.2) is 17.5 Å². The third-order valence-electron chi connectivity index (χ3n) is 4.68. The summed E-state index contributed by atoms with van der Waals surface area (Å²) < 4.78 is 25.5. The Hall–Kier alpha value is -1.80. The maximum Gasteiger partial charge on any atom is 0.314 e. The molecule has 0 unspecified atom stereocenters. The number of benzene rings is 1. The van der Waals surface area contributed by atoms with Crippen molar-refractivity contribution < 1.29 is 13.2 Å². The lowest BCUT2D eigenvalue weighted by Gasteiger charge is -2.33. The lowest BCUT2D eigenvalue weighted by Crippen LogP contribution is -2.42. The van der Waals surface area contributed by atoms with Crippen molar-refractivity contribution in [3.63, 3.8) is 0 Å². The van der Waals surface area contributed by atoms with E-state index in [-0.39, 0.29) is 6.03 Å². The van der Waals surface area contributed by atoms with Crippen LogP contribution in [0, 0.1) is 5.92 Å². The summed E-state index contributed by atoms with van der Waals surface area (Å²) in [6, 6.07) is 6.97. The van der Waals surface area contributed by atoms with Crippen molar-refractivity contribution in [2.75, 3.05) is 45.2 Å². The number of urea groups is 1. The minimum absolute atomic E-state index is 0.0908. The third-order valence-corrected chi connectivity index (χ3v) is 6.51. The smallest absolute Gasteiger partial charge is 0.314 e. The summed E-state index contributed by atoms with van der Waals surface area (Å²) in [4.78, 5) is 14.2. The molecule has 1 aliphatic rings. The van der Waals surface area contributed by atoms with Gasteiger partial charge in [-0.15, -0.1) is 0 Å². The van der Waals surface area contributed by atoms with Gasteiger partial charge in [-0.2, -0.15) is 0 Å². The van der Waals surface area contributed by atoms with Crippen LogP contribution in [0.25, 0.3) is 0 Å². The number of amides is 2. The fourth-order valence-electron chi connectivity index (χ4n) is 2.97. The largest absolute Gasteiger partial charge is 0.372 e. The van der Waals surface area contributed by atoms with Gasteiger partial charge in [0.2, 0.25) is 10.0 Å². The second-order valence-corrected chi connectivity index (χ2v) is 9.00. The zero-order valence-electron chi connectivity index (χ0n) is 15.9. The monoisotopic (exact) mass is 382 g/mol. The molecule has 0 radical (unpaired) electrons. The first-order valence-corrected chi connectivity index (χ1v) is 10.6. The van der Waals surface area contributed by atoms with E-state index in [2.05, 4.69) is 15.5 Å². The summed E-state index contributed by atoms with van der Waals surface area (Å²) in [7, 11) is -0.322. The van der Waals surface area contributed by atoms with Crippen LogP contribution >= 0.6 is 0 Å². The third kappa shape index (κ3) is 5.35. The van der Waals surface area contributed by atoms with E-state index < -0.39 is 10.0 Å². The molecule has 0 aliphatic carbocycles. The number of hydrogen-bond donors (Lipinski definition) is 2. The molecule has 2 N–H and O–H groups in total. The molecule has 146 valence electrons. The highest BCUT2D eigenvalue weighted by Crippen LogP contribution is 2.24. The van der Waals surface area contributed by atoms with Gasteiger partial charge in [0.05, 0.1) is 4.90 Å². The van der Waals surface area contributed by atoms with E-state index in [0.717, 1.165) is 38.0 Å². The molecule has 7 nitrogen and oxygen atoms in total. The minimum atomic E-state index is -3.39. The molecular weight excluding hydrogens is 352 g/mol. The van der Waals surface area contributed by atoms with Crippen molar-refractivity contribution in [2.24, 2.45) is 5.92 Å². The van der Waals surface area contributed by atoms with Gasteiger partial charge in [0.1, 0.15) is 0 Å². The summed E-state index contributed by atoms with van der Waals surface area (Å²) in [6.07, 6.45) is 2.94. The van der Waals surface area contributed by atoms with Crippen LogP contribution in [0.15, 0.2) is 29.2 Å². The highest BCUT2D eigenvalue weighted by molar-refractivity contribution is 7.89. The normalized spacial score (nSPS) is 15.9. The molecule has 0 atom stereocenters. The van der Waals surface area contributed by atoms with Crippen molar-refractivity contribution in [1.29, 1.82) is 0 Å². The van der Waals surface area contributed by atoms with Gasteiger partial charge in [0.15, 0.2) is 0 Å². The Labute approximate surface area is 156 Å². The fraction of sp³-hybridized carbons (Fsp3) is 0.611. The van der Waals surface area contributed by atoms with E-state index in [4.69, 9.17) is 0 Å². The van der Waals surface area contributed by atoms with Crippen LogP contribution in [-0.2, 0) is 10.0 Å². The van der Waals surface area contributed by atoms with Crippen LogP contribution in [-0.4, -0.2) is 59.0 Å². The molecule has 1 fully saturated rings. The second kappa shape index (κ2) is 9.23. The predicted molar refractivity (Wildman–Crippen MR) is 104 cm³/mol. The zero-order chi connectivity index (χ0) is 19.2. The number of carbonyl (C=O) groups excluding carboxylic acids is 1. The van der Waals surface area contributed by atoms with Gasteiger partial charge >= 0.3 is 6.03 Å². The summed E-state index contributed by atoms with van der Waals surface area (Å²) in [5, 5.41) is 5.76. The molecule has 1 aromatic carbocycles. The topological polar surface area (TPSA) is 81.8 Å². The summed E-state index contributed by atoms with van der Waals surface area (Å²) in [6.45, 7) is 5.23. The van der Waals surface area contributed by atoms with E-state index in [1.165, 1.54) is 18.4 Å². The number of rotatable bonds is 7. The Balaban J connectivity index is 1.83. The number of carbonyl (C=O) groups is 1. The van der Waals surface area contributed by atoms with Crippen molar-refractivity contribution in [3.05, 3.63) is 24.3 Å². The van der Waals surface area contributed by atoms with E-state index in [1.807, 2.05) is 19.1 Å². The maximum absolute atomic E-state index is 12.1. The van der Waals surface area contributed by atoms with Crippen molar-refractivity contribution in [2.45, 2.75) is 31.1 Å². The van der Waals surface area contributed by atoms with Crippen LogP contribution in [0.3, 0.4) is 0 Å². The Kier molecular flexibility index (Phi) is 7.28. The average Bonchev–Trinajstić information content (AvgIpc) is 2.65. The first-order chi connectivity index (χ1) is 12.3. The van der Waals surface area contributed by atoms with Crippen LogP contribution in [0.1, 0.15) is 26.2 Å². The van der Waals surface area contributed by atoms with Crippen molar-refractivity contribution in [3.8, 4) is 0 Å². The molecule has 26 heavy (non-hydrogen) atoms. The predicted octanol–water partition coefficient (Wildman–Crippen LogP) is 1.86. The SMILES string of the molecule is CCCNC(=O)NCC1CCN(c2ccc(S(=O)(=O)N(C)C)cc2)CC1. The van der Waals surface area contributed by atoms with Gasteiger partial charge in [-0.05, 0) is 49.4 Å². The number of nitrogens with zero attached hydrogens (tertiary/aromatic N) is 2.